The first kappa shape index (κ1) is 8.92. The lowest BCUT2D eigenvalue weighted by Gasteiger charge is -2.12. The van der Waals surface area contributed by atoms with Crippen molar-refractivity contribution < 1.29 is 4.79 Å². The zero-order valence-electron chi connectivity index (χ0n) is 5.78. The van der Waals surface area contributed by atoms with Crippen LogP contribution in [0.4, 0.5) is 0 Å². The van der Waals surface area contributed by atoms with Crippen LogP contribution in [-0.4, -0.2) is 19.0 Å². The summed E-state index contributed by atoms with van der Waals surface area (Å²) >= 11 is 5.56. The number of alkyl halides is 1. The van der Waals surface area contributed by atoms with E-state index in [4.69, 9.17) is 11.6 Å². The number of carbonyl (C=O) groups is 1. The molecule has 3 heteroatoms. The summed E-state index contributed by atoms with van der Waals surface area (Å²) in [6.07, 6.45) is 1.37. The van der Waals surface area contributed by atoms with Gasteiger partial charge in [-0.15, -0.1) is 11.6 Å². The summed E-state index contributed by atoms with van der Waals surface area (Å²) < 4.78 is 0. The molecule has 0 atom stereocenters. The highest BCUT2D eigenvalue weighted by atomic mass is 35.5. The van der Waals surface area contributed by atoms with Crippen molar-refractivity contribution in [2.75, 3.05) is 5.50 Å². The molecule has 0 aromatic heterocycles. The minimum Gasteiger partial charge on any atom is -0.301 e. The van der Waals surface area contributed by atoms with E-state index in [-0.39, 0.29) is 5.41 Å². The van der Waals surface area contributed by atoms with Crippen molar-refractivity contribution in [3.05, 3.63) is 12.7 Å². The number of hydrogen-bond acceptors (Lipinski definition) is 1. The van der Waals surface area contributed by atoms with E-state index in [1.165, 1.54) is 6.08 Å². The van der Waals surface area contributed by atoms with Gasteiger partial charge in [0, 0.05) is 5.50 Å². The molecule has 0 amide bonds. The summed E-state index contributed by atoms with van der Waals surface area (Å²) in [6, 6.07) is 0. The van der Waals surface area contributed by atoms with Gasteiger partial charge < -0.3 is 4.79 Å². The molecule has 0 heterocycles. The van der Waals surface area contributed by atoms with Crippen molar-refractivity contribution in [2.45, 2.75) is 13.1 Å². The number of rotatable bonds is 3. The van der Waals surface area contributed by atoms with Gasteiger partial charge >= 0.3 is 0 Å². The lowest BCUT2D eigenvalue weighted by Crippen LogP contribution is -2.38. The summed E-state index contributed by atoms with van der Waals surface area (Å²) in [4.78, 5) is 10.9. The smallest absolute Gasteiger partial charge is 0.146 e. The van der Waals surface area contributed by atoms with Crippen LogP contribution < -0.4 is 0 Å². The van der Waals surface area contributed by atoms with Gasteiger partial charge in [-0.25, -0.2) is 0 Å². The molecule has 1 nitrogen and oxygen atoms in total. The van der Waals surface area contributed by atoms with Crippen molar-refractivity contribution in [3.8, 4) is 0 Å². The largest absolute Gasteiger partial charge is 0.301 e. The third-order valence-corrected chi connectivity index (χ3v) is 5.40. The highest BCUT2D eigenvalue weighted by molar-refractivity contribution is 7.08. The second-order valence-corrected chi connectivity index (χ2v) is 7.92. The lowest BCUT2D eigenvalue weighted by atomic mass is 10.7. The van der Waals surface area contributed by atoms with Crippen molar-refractivity contribution in [1.82, 2.24) is 0 Å². The molecule has 0 bridgehead atoms. The summed E-state index contributed by atoms with van der Waals surface area (Å²) in [5, 5.41) is 0.137. The third-order valence-electron chi connectivity index (χ3n) is 1.19. The third kappa shape index (κ3) is 2.33. The van der Waals surface area contributed by atoms with Crippen LogP contribution in [0.25, 0.3) is 0 Å². The van der Waals surface area contributed by atoms with Gasteiger partial charge in [0.15, 0.2) is 0 Å². The van der Waals surface area contributed by atoms with E-state index in [0.717, 1.165) is 0 Å². The number of hydrogen-bond donors (Lipinski definition) is 0. The summed E-state index contributed by atoms with van der Waals surface area (Å²) in [5.74, 6) is 0. The fourth-order valence-corrected chi connectivity index (χ4v) is 1.42. The summed E-state index contributed by atoms with van der Waals surface area (Å²) in [7, 11) is -1.77. The maximum Gasteiger partial charge on any atom is 0.146 e. The molecule has 0 aliphatic rings. The Balaban J connectivity index is 4.13. The van der Waals surface area contributed by atoms with Gasteiger partial charge in [-0.1, -0.05) is 19.7 Å². The van der Waals surface area contributed by atoms with Crippen LogP contribution in [0.3, 0.4) is 0 Å². The number of halogens is 1. The van der Waals surface area contributed by atoms with E-state index in [1.54, 1.807) is 0 Å². The monoisotopic (exact) mass is 162 g/mol. The number of carbonyl (C=O) groups excluding carboxylic acids is 1. The molecule has 52 valence electrons. The first-order chi connectivity index (χ1) is 4.04. The molecule has 0 N–H and O–H groups in total. The Morgan fingerprint density at radius 3 is 2.33 bits per heavy atom. The Kier molecular flexibility index (Phi) is 3.15. The molecular weight excluding hydrogens is 152 g/mol. The average Bonchev–Trinajstić information content (AvgIpc) is 1.86. The fraction of sp³-hybridized carbons (Fsp3) is 0.500. The second kappa shape index (κ2) is 3.18. The van der Waals surface area contributed by atoms with Crippen LogP contribution in [0.1, 0.15) is 0 Å². The summed E-state index contributed by atoms with van der Waals surface area (Å²) in [6.45, 7) is 7.27. The molecule has 0 saturated carbocycles. The van der Waals surface area contributed by atoms with Gasteiger partial charge in [0.05, 0.1) is 0 Å². The van der Waals surface area contributed by atoms with Crippen LogP contribution in [-0.2, 0) is 4.79 Å². The molecule has 0 rings (SSSR count). The van der Waals surface area contributed by atoms with Crippen molar-refractivity contribution >= 4 is 25.1 Å². The van der Waals surface area contributed by atoms with Crippen LogP contribution in [0.5, 0.6) is 0 Å². The molecule has 0 aliphatic carbocycles. The Hall–Kier alpha value is -0.0831. The van der Waals surface area contributed by atoms with E-state index in [9.17, 15) is 4.79 Å². The van der Waals surface area contributed by atoms with E-state index < -0.39 is 8.07 Å². The standard InChI is InChI=1S/C6H11ClOSi/c1-4-6(8)9(2,3)5-7/h4H,1,5H2,2-3H3. The fourth-order valence-electron chi connectivity index (χ4n) is 0.342. The highest BCUT2D eigenvalue weighted by Gasteiger charge is 2.26. The molecule has 0 radical (unpaired) electrons. The molecular formula is C6H11ClOSi. The van der Waals surface area contributed by atoms with Gasteiger partial charge in [0.2, 0.25) is 0 Å². The van der Waals surface area contributed by atoms with Gasteiger partial charge in [0.25, 0.3) is 0 Å². The molecule has 0 aromatic rings. The maximum absolute atomic E-state index is 10.9. The van der Waals surface area contributed by atoms with E-state index in [0.29, 0.717) is 5.50 Å². The SMILES string of the molecule is C=CC(=O)[Si](C)(C)CCl. The zero-order chi connectivity index (χ0) is 7.49. The minimum absolute atomic E-state index is 0.137. The predicted molar refractivity (Wildman–Crippen MR) is 43.4 cm³/mol. The maximum atomic E-state index is 10.9. The van der Waals surface area contributed by atoms with Gasteiger partial charge in [0.1, 0.15) is 13.5 Å². The lowest BCUT2D eigenvalue weighted by molar-refractivity contribution is -0.108. The van der Waals surface area contributed by atoms with Gasteiger partial charge in [-0.2, -0.15) is 0 Å². The predicted octanol–water partition coefficient (Wildman–Crippen LogP) is 1.77. The Morgan fingerprint density at radius 2 is 2.22 bits per heavy atom. The highest BCUT2D eigenvalue weighted by Crippen LogP contribution is 2.05. The van der Waals surface area contributed by atoms with Crippen molar-refractivity contribution in [2.24, 2.45) is 0 Å². The Labute approximate surface area is 61.7 Å². The van der Waals surface area contributed by atoms with Crippen molar-refractivity contribution in [1.29, 1.82) is 0 Å². The quantitative estimate of drug-likeness (QED) is 0.351. The molecule has 0 fully saturated rings. The normalized spacial score (nSPS) is 11.0. The van der Waals surface area contributed by atoms with Crippen LogP contribution in [0, 0.1) is 0 Å². The summed E-state index contributed by atoms with van der Waals surface area (Å²) in [5.41, 5.74) is 0.484. The molecule has 0 unspecified atom stereocenters. The average molecular weight is 163 g/mol. The van der Waals surface area contributed by atoms with E-state index >= 15 is 0 Å². The molecule has 9 heavy (non-hydrogen) atoms. The second-order valence-electron chi connectivity index (χ2n) is 2.59. The van der Waals surface area contributed by atoms with Crippen molar-refractivity contribution in [3.63, 3.8) is 0 Å². The topological polar surface area (TPSA) is 17.1 Å². The van der Waals surface area contributed by atoms with Gasteiger partial charge in [-0.05, 0) is 6.08 Å². The van der Waals surface area contributed by atoms with Gasteiger partial charge in [-0.3, -0.25) is 0 Å². The number of allylic oxidation sites excluding steroid dienone is 1. The first-order valence-corrected chi connectivity index (χ1v) is 6.51. The molecule has 0 spiro atoms. The molecule has 0 aliphatic heterocycles. The van der Waals surface area contributed by atoms with Crippen LogP contribution in [0.2, 0.25) is 13.1 Å². The molecule has 0 aromatic carbocycles. The Bertz CT molecular complexity index is 131. The Morgan fingerprint density at radius 1 is 1.78 bits per heavy atom. The van der Waals surface area contributed by atoms with E-state index in [2.05, 4.69) is 6.58 Å². The molecule has 0 saturated heterocycles. The zero-order valence-corrected chi connectivity index (χ0v) is 7.53. The first-order valence-electron chi connectivity index (χ1n) is 2.77. The van der Waals surface area contributed by atoms with Crippen LogP contribution >= 0.6 is 11.6 Å². The van der Waals surface area contributed by atoms with Crippen LogP contribution in [0.15, 0.2) is 12.7 Å². The van der Waals surface area contributed by atoms with E-state index in [1.807, 2.05) is 13.1 Å². The minimum atomic E-state index is -1.77.